The molecule has 1 rings (SSSR count). The van der Waals surface area contributed by atoms with Crippen LogP contribution in [0.1, 0.15) is 37.3 Å². The number of amides is 1. The molecule has 1 aromatic rings. The normalized spacial score (nSPS) is 14.1. The van der Waals surface area contributed by atoms with Crippen molar-refractivity contribution in [2.75, 3.05) is 13.6 Å². The van der Waals surface area contributed by atoms with Crippen LogP contribution in [0.15, 0.2) is 24.3 Å². The van der Waals surface area contributed by atoms with Gasteiger partial charge in [-0.15, -0.1) is 0 Å². The monoisotopic (exact) mass is 279 g/mol. The summed E-state index contributed by atoms with van der Waals surface area (Å²) in [5.41, 5.74) is 4.30. The van der Waals surface area contributed by atoms with Crippen LogP contribution < -0.4 is 11.3 Å². The van der Waals surface area contributed by atoms with Gasteiger partial charge in [-0.05, 0) is 38.4 Å². The molecule has 0 fully saturated rings. The second-order valence-electron chi connectivity index (χ2n) is 5.35. The van der Waals surface area contributed by atoms with Gasteiger partial charge < -0.3 is 10.0 Å². The van der Waals surface area contributed by atoms with Gasteiger partial charge in [0.1, 0.15) is 0 Å². The maximum absolute atomic E-state index is 11.5. The van der Waals surface area contributed by atoms with E-state index in [4.69, 9.17) is 5.84 Å². The van der Waals surface area contributed by atoms with E-state index in [0.29, 0.717) is 0 Å². The van der Waals surface area contributed by atoms with Crippen LogP contribution in [-0.2, 0) is 11.3 Å². The van der Waals surface area contributed by atoms with Crippen molar-refractivity contribution in [1.82, 2.24) is 10.3 Å². The van der Waals surface area contributed by atoms with Gasteiger partial charge in [0, 0.05) is 13.1 Å². The standard InChI is InChI=1S/C15H25N3O2/c1-11(19)8-9-18(3)10-13-4-6-14(7-5-13)12(2)15(20)17-16/h4-7,11-12,19H,8-10,16H2,1-3H3,(H,17,20). The highest BCUT2D eigenvalue weighted by Crippen LogP contribution is 2.16. The second kappa shape index (κ2) is 7.99. The highest BCUT2D eigenvalue weighted by molar-refractivity contribution is 5.82. The summed E-state index contributed by atoms with van der Waals surface area (Å²) < 4.78 is 0. The molecule has 0 spiro atoms. The Hall–Kier alpha value is -1.43. The van der Waals surface area contributed by atoms with Crippen LogP contribution in [0, 0.1) is 0 Å². The predicted octanol–water partition coefficient (Wildman–Crippen LogP) is 0.983. The lowest BCUT2D eigenvalue weighted by atomic mass is 9.99. The van der Waals surface area contributed by atoms with Crippen molar-refractivity contribution in [3.8, 4) is 0 Å². The summed E-state index contributed by atoms with van der Waals surface area (Å²) in [5, 5.41) is 9.27. The van der Waals surface area contributed by atoms with E-state index in [1.54, 1.807) is 6.92 Å². The quantitative estimate of drug-likeness (QED) is 0.395. The number of carbonyl (C=O) groups is 1. The van der Waals surface area contributed by atoms with Gasteiger partial charge in [0.05, 0.1) is 12.0 Å². The molecule has 0 aliphatic carbocycles. The predicted molar refractivity (Wildman–Crippen MR) is 79.8 cm³/mol. The maximum Gasteiger partial charge on any atom is 0.241 e. The lowest BCUT2D eigenvalue weighted by Gasteiger charge is -2.18. The summed E-state index contributed by atoms with van der Waals surface area (Å²) in [6, 6.07) is 7.96. The largest absolute Gasteiger partial charge is 0.393 e. The Labute approximate surface area is 120 Å². The molecule has 5 nitrogen and oxygen atoms in total. The lowest BCUT2D eigenvalue weighted by molar-refractivity contribution is -0.122. The van der Waals surface area contributed by atoms with Crippen LogP contribution in [0.5, 0.6) is 0 Å². The number of nitrogens with two attached hydrogens (primary N) is 1. The third-order valence-corrected chi connectivity index (χ3v) is 3.40. The zero-order valence-corrected chi connectivity index (χ0v) is 12.5. The van der Waals surface area contributed by atoms with Crippen LogP contribution in [0.4, 0.5) is 0 Å². The molecule has 4 N–H and O–H groups in total. The number of nitrogens with one attached hydrogen (secondary N) is 1. The van der Waals surface area contributed by atoms with Gasteiger partial charge in [0.2, 0.25) is 5.91 Å². The van der Waals surface area contributed by atoms with E-state index in [2.05, 4.69) is 10.3 Å². The van der Waals surface area contributed by atoms with Crippen molar-refractivity contribution in [3.05, 3.63) is 35.4 Å². The molecule has 0 aliphatic heterocycles. The number of aliphatic hydroxyl groups is 1. The van der Waals surface area contributed by atoms with Crippen molar-refractivity contribution in [3.63, 3.8) is 0 Å². The van der Waals surface area contributed by atoms with E-state index in [1.807, 2.05) is 38.2 Å². The first-order valence-electron chi connectivity index (χ1n) is 6.90. The van der Waals surface area contributed by atoms with E-state index in [-0.39, 0.29) is 17.9 Å². The van der Waals surface area contributed by atoms with Gasteiger partial charge in [0.25, 0.3) is 0 Å². The Morgan fingerprint density at radius 1 is 1.35 bits per heavy atom. The molecule has 1 amide bonds. The molecule has 0 saturated carbocycles. The fraction of sp³-hybridized carbons (Fsp3) is 0.533. The number of hydrogen-bond acceptors (Lipinski definition) is 4. The minimum atomic E-state index is -0.268. The van der Waals surface area contributed by atoms with Crippen LogP contribution in [0.2, 0.25) is 0 Å². The molecule has 0 aromatic heterocycles. The van der Waals surface area contributed by atoms with Gasteiger partial charge in [-0.25, -0.2) is 5.84 Å². The molecule has 0 radical (unpaired) electrons. The minimum absolute atomic E-state index is 0.188. The SMILES string of the molecule is CC(O)CCN(C)Cc1ccc(C(C)C(=O)NN)cc1. The molecule has 20 heavy (non-hydrogen) atoms. The van der Waals surface area contributed by atoms with Crippen LogP contribution >= 0.6 is 0 Å². The van der Waals surface area contributed by atoms with Crippen molar-refractivity contribution >= 4 is 5.91 Å². The summed E-state index contributed by atoms with van der Waals surface area (Å²) in [6.45, 7) is 5.30. The molecule has 5 heteroatoms. The van der Waals surface area contributed by atoms with Gasteiger partial charge in [0.15, 0.2) is 0 Å². The summed E-state index contributed by atoms with van der Waals surface area (Å²) in [7, 11) is 2.03. The van der Waals surface area contributed by atoms with E-state index in [0.717, 1.165) is 25.1 Å². The maximum atomic E-state index is 11.5. The molecular formula is C15H25N3O2. The number of aliphatic hydroxyl groups excluding tert-OH is 1. The third-order valence-electron chi connectivity index (χ3n) is 3.40. The molecule has 2 atom stereocenters. The zero-order valence-electron chi connectivity index (χ0n) is 12.5. The number of benzene rings is 1. The fourth-order valence-electron chi connectivity index (χ4n) is 1.99. The highest BCUT2D eigenvalue weighted by atomic mass is 16.3. The summed E-state index contributed by atoms with van der Waals surface area (Å²) in [6.07, 6.45) is 0.498. The Kier molecular flexibility index (Phi) is 6.64. The molecule has 0 aliphatic rings. The molecule has 0 bridgehead atoms. The molecule has 0 saturated heterocycles. The summed E-state index contributed by atoms with van der Waals surface area (Å²) in [4.78, 5) is 13.6. The van der Waals surface area contributed by atoms with Crippen molar-refractivity contribution in [1.29, 1.82) is 0 Å². The van der Waals surface area contributed by atoms with Gasteiger partial charge in [-0.3, -0.25) is 10.2 Å². The second-order valence-corrected chi connectivity index (χ2v) is 5.35. The van der Waals surface area contributed by atoms with Crippen molar-refractivity contribution < 1.29 is 9.90 Å². The Morgan fingerprint density at radius 2 is 1.95 bits per heavy atom. The first kappa shape index (κ1) is 16.6. The molecule has 112 valence electrons. The first-order chi connectivity index (χ1) is 9.43. The molecule has 0 heterocycles. The van der Waals surface area contributed by atoms with E-state index in [1.165, 1.54) is 5.56 Å². The van der Waals surface area contributed by atoms with Crippen LogP contribution in [-0.4, -0.2) is 35.6 Å². The van der Waals surface area contributed by atoms with E-state index >= 15 is 0 Å². The average molecular weight is 279 g/mol. The van der Waals surface area contributed by atoms with E-state index in [9.17, 15) is 9.90 Å². The number of rotatable bonds is 7. The summed E-state index contributed by atoms with van der Waals surface area (Å²) >= 11 is 0. The number of nitrogens with zero attached hydrogens (tertiary/aromatic N) is 1. The lowest BCUT2D eigenvalue weighted by Crippen LogP contribution is -2.33. The van der Waals surface area contributed by atoms with Gasteiger partial charge >= 0.3 is 0 Å². The highest BCUT2D eigenvalue weighted by Gasteiger charge is 2.13. The van der Waals surface area contributed by atoms with Gasteiger partial charge in [-0.2, -0.15) is 0 Å². The number of hydrazine groups is 1. The number of hydrogen-bond donors (Lipinski definition) is 3. The van der Waals surface area contributed by atoms with Crippen molar-refractivity contribution in [2.45, 2.75) is 38.8 Å². The number of carbonyl (C=O) groups excluding carboxylic acids is 1. The minimum Gasteiger partial charge on any atom is -0.393 e. The Bertz CT molecular complexity index is 418. The molecule has 2 unspecified atom stereocenters. The van der Waals surface area contributed by atoms with Gasteiger partial charge in [-0.1, -0.05) is 24.3 Å². The van der Waals surface area contributed by atoms with Crippen molar-refractivity contribution in [2.24, 2.45) is 5.84 Å². The van der Waals surface area contributed by atoms with E-state index < -0.39 is 0 Å². The summed E-state index contributed by atoms with van der Waals surface area (Å²) in [5.74, 6) is 4.70. The van der Waals surface area contributed by atoms with Crippen LogP contribution in [0.25, 0.3) is 0 Å². The smallest absolute Gasteiger partial charge is 0.241 e. The first-order valence-corrected chi connectivity index (χ1v) is 6.90. The Balaban J connectivity index is 2.56. The van der Waals surface area contributed by atoms with Crippen LogP contribution in [0.3, 0.4) is 0 Å². The molecular weight excluding hydrogens is 254 g/mol. The third kappa shape index (κ3) is 5.28. The molecule has 1 aromatic carbocycles. The topological polar surface area (TPSA) is 78.6 Å². The zero-order chi connectivity index (χ0) is 15.1. The average Bonchev–Trinajstić information content (AvgIpc) is 2.44. The fourth-order valence-corrected chi connectivity index (χ4v) is 1.99. The Morgan fingerprint density at radius 3 is 2.45 bits per heavy atom.